The van der Waals surface area contributed by atoms with E-state index in [1.807, 2.05) is 48.5 Å². The first-order valence-corrected chi connectivity index (χ1v) is 12.4. The second-order valence-corrected chi connectivity index (χ2v) is 9.04. The van der Waals surface area contributed by atoms with E-state index >= 15 is 0 Å². The molecule has 2 aliphatic rings. The van der Waals surface area contributed by atoms with Crippen LogP contribution in [0.2, 0.25) is 0 Å². The zero-order valence-corrected chi connectivity index (χ0v) is 20.9. The van der Waals surface area contributed by atoms with E-state index in [0.717, 1.165) is 47.4 Å². The standard InChI is InChI=1S/C30H29FN2O4/c1-35-25-15-6-3-10-20(25)18-21-11-9-13-23-29(21)32-33(30(23)22-12-4-7-16-26(22)36-2)28(34)19-37-27-17-8-5-14-24(27)31/h3-8,10,12,14-18,23,30H,9,11,13,19H2,1-2H3. The number of benzene rings is 3. The smallest absolute Gasteiger partial charge is 0.281 e. The molecule has 1 heterocycles. The highest BCUT2D eigenvalue weighted by atomic mass is 19.1. The van der Waals surface area contributed by atoms with Gasteiger partial charge in [0.1, 0.15) is 11.5 Å². The topological polar surface area (TPSA) is 60.4 Å². The van der Waals surface area contributed by atoms with Crippen molar-refractivity contribution in [2.24, 2.45) is 11.0 Å². The van der Waals surface area contributed by atoms with Crippen LogP contribution in [0.25, 0.3) is 6.08 Å². The molecule has 0 saturated heterocycles. The summed E-state index contributed by atoms with van der Waals surface area (Å²) in [6.45, 7) is -0.332. The molecule has 1 saturated carbocycles. The van der Waals surface area contributed by atoms with Crippen molar-refractivity contribution >= 4 is 17.7 Å². The van der Waals surface area contributed by atoms with Crippen molar-refractivity contribution in [1.82, 2.24) is 5.01 Å². The Morgan fingerprint density at radius 2 is 1.65 bits per heavy atom. The molecule has 2 atom stereocenters. The first kappa shape index (κ1) is 24.6. The third-order valence-electron chi connectivity index (χ3n) is 6.87. The van der Waals surface area contributed by atoms with Crippen LogP contribution in [-0.4, -0.2) is 37.5 Å². The molecule has 1 aliphatic carbocycles. The van der Waals surface area contributed by atoms with Crippen molar-refractivity contribution < 1.29 is 23.4 Å². The highest BCUT2D eigenvalue weighted by Crippen LogP contribution is 2.46. The minimum Gasteiger partial charge on any atom is -0.496 e. The van der Waals surface area contributed by atoms with Gasteiger partial charge in [-0.1, -0.05) is 48.5 Å². The maximum atomic E-state index is 14.1. The molecule has 6 nitrogen and oxygen atoms in total. The van der Waals surface area contributed by atoms with Crippen molar-refractivity contribution in [3.63, 3.8) is 0 Å². The summed E-state index contributed by atoms with van der Waals surface area (Å²) in [6.07, 6.45) is 4.79. The molecule has 2 unspecified atom stereocenters. The highest BCUT2D eigenvalue weighted by Gasteiger charge is 2.44. The molecule has 0 radical (unpaired) electrons. The normalized spacial score (nSPS) is 19.8. The Kier molecular flexibility index (Phi) is 7.21. The number of hydrazone groups is 1. The number of carbonyl (C=O) groups is 1. The van der Waals surface area contributed by atoms with E-state index in [1.54, 1.807) is 26.4 Å². The minimum atomic E-state index is -0.514. The lowest BCUT2D eigenvalue weighted by molar-refractivity contribution is -0.135. The molecular weight excluding hydrogens is 471 g/mol. The molecule has 1 fully saturated rings. The number of methoxy groups -OCH3 is 2. The first-order valence-electron chi connectivity index (χ1n) is 12.4. The molecule has 37 heavy (non-hydrogen) atoms. The highest BCUT2D eigenvalue weighted by molar-refractivity contribution is 6.08. The molecule has 0 aromatic heterocycles. The molecule has 1 aliphatic heterocycles. The van der Waals surface area contributed by atoms with Crippen LogP contribution in [0.3, 0.4) is 0 Å². The Labute approximate surface area is 216 Å². The summed E-state index contributed by atoms with van der Waals surface area (Å²) < 4.78 is 30.9. The van der Waals surface area contributed by atoms with Gasteiger partial charge < -0.3 is 14.2 Å². The fourth-order valence-corrected chi connectivity index (χ4v) is 5.17. The fraction of sp³-hybridized carbons (Fsp3) is 0.267. The van der Waals surface area contributed by atoms with E-state index in [1.165, 1.54) is 17.1 Å². The summed E-state index contributed by atoms with van der Waals surface area (Å²) >= 11 is 0. The number of hydrogen-bond acceptors (Lipinski definition) is 5. The quantitative estimate of drug-likeness (QED) is 0.397. The molecule has 3 aromatic rings. The molecule has 190 valence electrons. The van der Waals surface area contributed by atoms with Gasteiger partial charge in [0.2, 0.25) is 0 Å². The third kappa shape index (κ3) is 4.94. The second-order valence-electron chi connectivity index (χ2n) is 9.04. The van der Waals surface area contributed by atoms with E-state index in [0.29, 0.717) is 5.75 Å². The molecule has 7 heteroatoms. The van der Waals surface area contributed by atoms with Gasteiger partial charge >= 0.3 is 0 Å². The summed E-state index contributed by atoms with van der Waals surface area (Å²) in [4.78, 5) is 13.5. The van der Waals surface area contributed by atoms with Crippen molar-refractivity contribution in [3.8, 4) is 17.2 Å². The number of nitrogens with zero attached hydrogens (tertiary/aromatic N) is 2. The van der Waals surface area contributed by atoms with E-state index in [-0.39, 0.29) is 30.2 Å². The first-order chi connectivity index (χ1) is 18.1. The van der Waals surface area contributed by atoms with E-state index in [9.17, 15) is 9.18 Å². The average Bonchev–Trinajstić information content (AvgIpc) is 3.33. The van der Waals surface area contributed by atoms with Gasteiger partial charge in [-0.25, -0.2) is 9.40 Å². The van der Waals surface area contributed by atoms with Crippen LogP contribution in [0.5, 0.6) is 17.2 Å². The fourth-order valence-electron chi connectivity index (χ4n) is 5.17. The molecule has 0 N–H and O–H groups in total. The predicted octanol–water partition coefficient (Wildman–Crippen LogP) is 6.04. The van der Waals surface area contributed by atoms with Gasteiger partial charge in [0.15, 0.2) is 18.2 Å². The average molecular weight is 501 g/mol. The number of halogens is 1. The molecule has 0 spiro atoms. The van der Waals surface area contributed by atoms with Crippen LogP contribution in [0.4, 0.5) is 4.39 Å². The number of amides is 1. The van der Waals surface area contributed by atoms with E-state index < -0.39 is 5.82 Å². The van der Waals surface area contributed by atoms with Gasteiger partial charge in [-0.2, -0.15) is 5.10 Å². The zero-order chi connectivity index (χ0) is 25.8. The number of hydrogen-bond donors (Lipinski definition) is 0. The number of ether oxygens (including phenoxy) is 3. The second kappa shape index (κ2) is 10.9. The number of rotatable bonds is 7. The number of allylic oxidation sites excluding steroid dienone is 1. The lowest BCUT2D eigenvalue weighted by Crippen LogP contribution is -2.35. The van der Waals surface area contributed by atoms with Gasteiger partial charge in [-0.15, -0.1) is 0 Å². The van der Waals surface area contributed by atoms with Gasteiger partial charge in [0.25, 0.3) is 5.91 Å². The summed E-state index contributed by atoms with van der Waals surface area (Å²) in [5, 5.41) is 6.37. The number of carbonyl (C=O) groups excluding carboxylic acids is 1. The van der Waals surface area contributed by atoms with Crippen LogP contribution < -0.4 is 14.2 Å². The summed E-state index contributed by atoms with van der Waals surface area (Å²) in [6, 6.07) is 21.2. The lowest BCUT2D eigenvalue weighted by Gasteiger charge is -2.30. The Bertz CT molecular complexity index is 1350. The van der Waals surface area contributed by atoms with E-state index in [4.69, 9.17) is 19.3 Å². The van der Waals surface area contributed by atoms with Crippen molar-refractivity contribution in [1.29, 1.82) is 0 Å². The lowest BCUT2D eigenvalue weighted by atomic mass is 9.77. The van der Waals surface area contributed by atoms with Crippen LogP contribution in [0.1, 0.15) is 36.4 Å². The maximum absolute atomic E-state index is 14.1. The predicted molar refractivity (Wildman–Crippen MR) is 140 cm³/mol. The maximum Gasteiger partial charge on any atom is 0.281 e. The molecule has 3 aromatic carbocycles. The summed E-state index contributed by atoms with van der Waals surface area (Å²) in [7, 11) is 3.28. The summed E-state index contributed by atoms with van der Waals surface area (Å²) in [5.74, 6) is 0.632. The van der Waals surface area contributed by atoms with Crippen LogP contribution in [-0.2, 0) is 4.79 Å². The van der Waals surface area contributed by atoms with Crippen molar-refractivity contribution in [2.45, 2.75) is 25.3 Å². The number of fused-ring (bicyclic) bond motifs is 1. The van der Waals surface area contributed by atoms with Gasteiger partial charge in [-0.3, -0.25) is 4.79 Å². The Balaban J connectivity index is 1.52. The number of para-hydroxylation sites is 3. The van der Waals surface area contributed by atoms with Crippen LogP contribution >= 0.6 is 0 Å². The summed E-state index contributed by atoms with van der Waals surface area (Å²) in [5.41, 5.74) is 3.80. The molecular formula is C30H29FN2O4. The zero-order valence-electron chi connectivity index (χ0n) is 20.9. The Morgan fingerprint density at radius 1 is 0.973 bits per heavy atom. The van der Waals surface area contributed by atoms with Gasteiger partial charge in [0.05, 0.1) is 26.0 Å². The van der Waals surface area contributed by atoms with Crippen molar-refractivity contribution in [2.75, 3.05) is 20.8 Å². The van der Waals surface area contributed by atoms with Crippen LogP contribution in [0.15, 0.2) is 83.5 Å². The van der Waals surface area contributed by atoms with Gasteiger partial charge in [0, 0.05) is 17.0 Å². The third-order valence-corrected chi connectivity index (χ3v) is 6.87. The minimum absolute atomic E-state index is 0.0107. The molecule has 0 bridgehead atoms. The van der Waals surface area contributed by atoms with E-state index in [2.05, 4.69) is 6.08 Å². The largest absolute Gasteiger partial charge is 0.496 e. The Hall–Kier alpha value is -4.13. The van der Waals surface area contributed by atoms with Crippen LogP contribution in [0, 0.1) is 11.7 Å². The van der Waals surface area contributed by atoms with Crippen molar-refractivity contribution in [3.05, 3.63) is 95.3 Å². The Morgan fingerprint density at radius 3 is 2.41 bits per heavy atom. The molecule has 5 rings (SSSR count). The monoisotopic (exact) mass is 500 g/mol. The van der Waals surface area contributed by atoms with Gasteiger partial charge in [-0.05, 0) is 55.2 Å². The molecule has 1 amide bonds. The SMILES string of the molecule is COc1ccccc1C=C1CCCC2C1=NN(C(=O)COc1ccccc1F)C2c1ccccc1OC.